The van der Waals surface area contributed by atoms with Crippen LogP contribution < -0.4 is 11.3 Å². The van der Waals surface area contributed by atoms with Gasteiger partial charge in [0.1, 0.15) is 11.5 Å². The average Bonchev–Trinajstić information content (AvgIpc) is 3.02. The normalized spacial score (nSPS) is 15.2. The van der Waals surface area contributed by atoms with Gasteiger partial charge in [-0.15, -0.1) is 0 Å². The maximum atomic E-state index is 5.82. The lowest BCUT2D eigenvalue weighted by atomic mass is 9.94. The molecule has 1 aliphatic carbocycles. The number of rotatable bonds is 4. The van der Waals surface area contributed by atoms with Crippen molar-refractivity contribution >= 4 is 0 Å². The van der Waals surface area contributed by atoms with Crippen molar-refractivity contribution in [1.82, 2.24) is 5.43 Å². The van der Waals surface area contributed by atoms with Gasteiger partial charge in [-0.3, -0.25) is 11.3 Å². The molecule has 1 aromatic heterocycles. The highest BCUT2D eigenvalue weighted by molar-refractivity contribution is 5.38. The average molecular weight is 284 g/mol. The molecule has 2 aromatic rings. The molecule has 112 valence electrons. The standard InChI is InChI=1S/C18H24N2O/c1-11-12(2)21-13(3)18(11)17(20-19)10-14-7-8-15-5-4-6-16(15)9-14/h7-9,17,20H,4-6,10,19H2,1-3H3. The molecular formula is C18H24N2O. The van der Waals surface area contributed by atoms with Crippen molar-refractivity contribution in [3.63, 3.8) is 0 Å². The van der Waals surface area contributed by atoms with Gasteiger partial charge in [-0.05, 0) is 68.7 Å². The van der Waals surface area contributed by atoms with Crippen LogP contribution in [0.5, 0.6) is 0 Å². The third kappa shape index (κ3) is 2.63. The molecule has 1 aromatic carbocycles. The van der Waals surface area contributed by atoms with Gasteiger partial charge < -0.3 is 4.42 Å². The van der Waals surface area contributed by atoms with E-state index in [9.17, 15) is 0 Å². The molecule has 3 N–H and O–H groups in total. The van der Waals surface area contributed by atoms with Crippen molar-refractivity contribution in [2.24, 2.45) is 5.84 Å². The maximum absolute atomic E-state index is 5.82. The molecule has 3 rings (SSSR count). The Labute approximate surface area is 126 Å². The van der Waals surface area contributed by atoms with Crippen LogP contribution >= 0.6 is 0 Å². The Hall–Kier alpha value is -1.58. The minimum absolute atomic E-state index is 0.0990. The molecule has 1 unspecified atom stereocenters. The molecule has 3 nitrogen and oxygen atoms in total. The van der Waals surface area contributed by atoms with Crippen LogP contribution in [0, 0.1) is 20.8 Å². The fourth-order valence-corrected chi connectivity index (χ4v) is 3.55. The maximum Gasteiger partial charge on any atom is 0.106 e. The van der Waals surface area contributed by atoms with E-state index in [4.69, 9.17) is 10.3 Å². The van der Waals surface area contributed by atoms with E-state index in [1.807, 2.05) is 13.8 Å². The first-order chi connectivity index (χ1) is 10.1. The molecule has 21 heavy (non-hydrogen) atoms. The SMILES string of the molecule is Cc1oc(C)c(C(Cc2ccc3c(c2)CCC3)NN)c1C. The highest BCUT2D eigenvalue weighted by Crippen LogP contribution is 2.30. The van der Waals surface area contributed by atoms with Gasteiger partial charge in [-0.25, -0.2) is 0 Å². The zero-order chi connectivity index (χ0) is 15.0. The first-order valence-corrected chi connectivity index (χ1v) is 7.73. The summed E-state index contributed by atoms with van der Waals surface area (Å²) in [7, 11) is 0. The van der Waals surface area contributed by atoms with Crippen molar-refractivity contribution < 1.29 is 4.42 Å². The van der Waals surface area contributed by atoms with Gasteiger partial charge in [0.2, 0.25) is 0 Å². The lowest BCUT2D eigenvalue weighted by molar-refractivity contribution is 0.484. The summed E-state index contributed by atoms with van der Waals surface area (Å²) in [5, 5.41) is 0. The molecular weight excluding hydrogens is 260 g/mol. The predicted octanol–water partition coefficient (Wildman–Crippen LogP) is 3.44. The second-order valence-electron chi connectivity index (χ2n) is 6.13. The second-order valence-corrected chi connectivity index (χ2v) is 6.13. The summed E-state index contributed by atoms with van der Waals surface area (Å²) in [4.78, 5) is 0. The summed E-state index contributed by atoms with van der Waals surface area (Å²) in [6, 6.07) is 6.98. The Morgan fingerprint density at radius 1 is 1.14 bits per heavy atom. The number of nitrogens with one attached hydrogen (secondary N) is 1. The molecule has 0 amide bonds. The quantitative estimate of drug-likeness (QED) is 0.668. The molecule has 1 atom stereocenters. The summed E-state index contributed by atoms with van der Waals surface area (Å²) in [6.45, 7) is 6.13. The van der Waals surface area contributed by atoms with Crippen molar-refractivity contribution in [3.8, 4) is 0 Å². The van der Waals surface area contributed by atoms with Gasteiger partial charge in [-0.2, -0.15) is 0 Å². The number of benzene rings is 1. The van der Waals surface area contributed by atoms with E-state index in [0.717, 1.165) is 17.9 Å². The molecule has 1 heterocycles. The zero-order valence-electron chi connectivity index (χ0n) is 13.1. The molecule has 0 bridgehead atoms. The largest absolute Gasteiger partial charge is 0.466 e. The van der Waals surface area contributed by atoms with Crippen molar-refractivity contribution in [3.05, 3.63) is 57.5 Å². The van der Waals surface area contributed by atoms with E-state index >= 15 is 0 Å². The first-order valence-electron chi connectivity index (χ1n) is 7.73. The van der Waals surface area contributed by atoms with Gasteiger partial charge in [0.25, 0.3) is 0 Å². The molecule has 3 heteroatoms. The summed E-state index contributed by atoms with van der Waals surface area (Å²) in [5.41, 5.74) is 9.75. The van der Waals surface area contributed by atoms with E-state index in [2.05, 4.69) is 30.5 Å². The molecule has 0 spiro atoms. The third-order valence-electron chi connectivity index (χ3n) is 4.77. The molecule has 1 aliphatic rings. The summed E-state index contributed by atoms with van der Waals surface area (Å²) in [6.07, 6.45) is 4.63. The lowest BCUT2D eigenvalue weighted by Crippen LogP contribution is -2.30. The number of hydrogen-bond acceptors (Lipinski definition) is 3. The van der Waals surface area contributed by atoms with Crippen LogP contribution in [0.3, 0.4) is 0 Å². The highest BCUT2D eigenvalue weighted by atomic mass is 16.3. The van der Waals surface area contributed by atoms with Gasteiger partial charge in [0.05, 0.1) is 6.04 Å². The Morgan fingerprint density at radius 3 is 2.57 bits per heavy atom. The van der Waals surface area contributed by atoms with Crippen LogP contribution in [0.15, 0.2) is 22.6 Å². The molecule has 0 radical (unpaired) electrons. The van der Waals surface area contributed by atoms with Crippen molar-refractivity contribution in [1.29, 1.82) is 0 Å². The number of hydrogen-bond donors (Lipinski definition) is 2. The van der Waals surface area contributed by atoms with Crippen LogP contribution in [-0.4, -0.2) is 0 Å². The Kier molecular flexibility index (Phi) is 3.87. The number of aryl methyl sites for hydroxylation is 4. The van der Waals surface area contributed by atoms with Crippen molar-refractivity contribution in [2.75, 3.05) is 0 Å². The number of fused-ring (bicyclic) bond motifs is 1. The van der Waals surface area contributed by atoms with Gasteiger partial charge in [0, 0.05) is 5.56 Å². The van der Waals surface area contributed by atoms with E-state index in [1.54, 1.807) is 0 Å². The minimum atomic E-state index is 0.0990. The minimum Gasteiger partial charge on any atom is -0.466 e. The van der Waals surface area contributed by atoms with Crippen molar-refractivity contribution in [2.45, 2.75) is 52.5 Å². The lowest BCUT2D eigenvalue weighted by Gasteiger charge is -2.17. The zero-order valence-corrected chi connectivity index (χ0v) is 13.1. The second kappa shape index (κ2) is 5.66. The summed E-state index contributed by atoms with van der Waals surface area (Å²) in [5.74, 6) is 7.77. The molecule has 0 aliphatic heterocycles. The van der Waals surface area contributed by atoms with Crippen LogP contribution in [0.4, 0.5) is 0 Å². The van der Waals surface area contributed by atoms with Crippen LogP contribution in [0.25, 0.3) is 0 Å². The summed E-state index contributed by atoms with van der Waals surface area (Å²) >= 11 is 0. The van der Waals surface area contributed by atoms with E-state index in [0.29, 0.717) is 0 Å². The topological polar surface area (TPSA) is 51.2 Å². The highest BCUT2D eigenvalue weighted by Gasteiger charge is 2.21. The Morgan fingerprint density at radius 2 is 1.90 bits per heavy atom. The predicted molar refractivity (Wildman–Crippen MR) is 85.2 cm³/mol. The number of furan rings is 1. The van der Waals surface area contributed by atoms with E-state index in [1.165, 1.54) is 47.1 Å². The van der Waals surface area contributed by atoms with Gasteiger partial charge in [0.15, 0.2) is 0 Å². The number of nitrogens with two attached hydrogens (primary N) is 1. The fraction of sp³-hybridized carbons (Fsp3) is 0.444. The third-order valence-corrected chi connectivity index (χ3v) is 4.77. The monoisotopic (exact) mass is 284 g/mol. The molecule has 0 saturated carbocycles. The van der Waals surface area contributed by atoms with Crippen LogP contribution in [0.1, 0.15) is 51.8 Å². The van der Waals surface area contributed by atoms with Crippen LogP contribution in [0.2, 0.25) is 0 Å². The fourth-order valence-electron chi connectivity index (χ4n) is 3.55. The molecule has 0 saturated heterocycles. The van der Waals surface area contributed by atoms with E-state index < -0.39 is 0 Å². The Bertz CT molecular complexity index is 657. The Balaban J connectivity index is 1.87. The van der Waals surface area contributed by atoms with Crippen LogP contribution in [-0.2, 0) is 19.3 Å². The molecule has 0 fully saturated rings. The number of hydrazine groups is 1. The van der Waals surface area contributed by atoms with Gasteiger partial charge >= 0.3 is 0 Å². The summed E-state index contributed by atoms with van der Waals surface area (Å²) < 4.78 is 5.74. The first kappa shape index (κ1) is 14.4. The smallest absolute Gasteiger partial charge is 0.106 e. The van der Waals surface area contributed by atoms with Gasteiger partial charge in [-0.1, -0.05) is 18.2 Å². The van der Waals surface area contributed by atoms with E-state index in [-0.39, 0.29) is 6.04 Å².